The van der Waals surface area contributed by atoms with Crippen LogP contribution in [0.4, 0.5) is 0 Å². The highest BCUT2D eigenvalue weighted by molar-refractivity contribution is 6.30. The third-order valence-corrected chi connectivity index (χ3v) is 4.88. The molecule has 1 fully saturated rings. The largest absolute Gasteiger partial charge is 0.493 e. The van der Waals surface area contributed by atoms with E-state index in [-0.39, 0.29) is 6.04 Å². The Labute approximate surface area is 129 Å². The van der Waals surface area contributed by atoms with Crippen molar-refractivity contribution in [3.05, 3.63) is 64.2 Å². The average molecular weight is 300 g/mol. The molecule has 0 bridgehead atoms. The minimum absolute atomic E-state index is 0.000700. The third kappa shape index (κ3) is 2.33. The fourth-order valence-electron chi connectivity index (χ4n) is 3.47. The van der Waals surface area contributed by atoms with Crippen molar-refractivity contribution < 1.29 is 4.74 Å². The lowest BCUT2D eigenvalue weighted by molar-refractivity contribution is 0.349. The molecule has 1 heterocycles. The first-order chi connectivity index (χ1) is 10.2. The van der Waals surface area contributed by atoms with Gasteiger partial charge < -0.3 is 10.5 Å². The van der Waals surface area contributed by atoms with Crippen LogP contribution >= 0.6 is 11.6 Å². The molecule has 108 valence electrons. The molecule has 3 atom stereocenters. The van der Waals surface area contributed by atoms with Crippen molar-refractivity contribution in [1.29, 1.82) is 0 Å². The summed E-state index contributed by atoms with van der Waals surface area (Å²) in [5, 5.41) is 0.765. The van der Waals surface area contributed by atoms with Crippen molar-refractivity contribution in [3.63, 3.8) is 0 Å². The van der Waals surface area contributed by atoms with Gasteiger partial charge in [-0.25, -0.2) is 0 Å². The Morgan fingerprint density at radius 1 is 1.19 bits per heavy atom. The molecule has 1 aliphatic heterocycles. The standard InChI is InChI=1S/C18H18ClNO/c19-13-8-12-6-7-21-18(12)16(9-13)17(20)15-10-14(15)11-4-2-1-3-5-11/h1-5,8-9,14-15,17H,6-7,10,20H2. The molecular formula is C18H18ClNO. The summed E-state index contributed by atoms with van der Waals surface area (Å²) in [5.74, 6) is 2.03. The Bertz CT molecular complexity index is 670. The fourth-order valence-corrected chi connectivity index (χ4v) is 3.72. The zero-order chi connectivity index (χ0) is 14.4. The molecule has 21 heavy (non-hydrogen) atoms. The van der Waals surface area contributed by atoms with Crippen LogP contribution in [0.1, 0.15) is 35.1 Å². The Balaban J connectivity index is 1.61. The van der Waals surface area contributed by atoms with E-state index >= 15 is 0 Å². The number of hydrogen-bond donors (Lipinski definition) is 1. The van der Waals surface area contributed by atoms with E-state index in [0.717, 1.165) is 35.8 Å². The third-order valence-electron chi connectivity index (χ3n) is 4.67. The number of benzene rings is 2. The van der Waals surface area contributed by atoms with E-state index in [2.05, 4.69) is 30.3 Å². The van der Waals surface area contributed by atoms with E-state index in [1.165, 1.54) is 11.1 Å². The second-order valence-electron chi connectivity index (χ2n) is 6.02. The molecule has 0 radical (unpaired) electrons. The van der Waals surface area contributed by atoms with Crippen molar-refractivity contribution in [1.82, 2.24) is 0 Å². The second-order valence-corrected chi connectivity index (χ2v) is 6.46. The van der Waals surface area contributed by atoms with Crippen molar-refractivity contribution in [2.24, 2.45) is 11.7 Å². The molecule has 3 heteroatoms. The van der Waals surface area contributed by atoms with Gasteiger partial charge in [-0.05, 0) is 41.5 Å². The molecule has 2 aromatic carbocycles. The molecule has 2 nitrogen and oxygen atoms in total. The Morgan fingerprint density at radius 2 is 2.00 bits per heavy atom. The molecule has 1 aliphatic carbocycles. The summed E-state index contributed by atoms with van der Waals surface area (Å²) in [6.45, 7) is 0.738. The van der Waals surface area contributed by atoms with Gasteiger partial charge in [-0.15, -0.1) is 0 Å². The smallest absolute Gasteiger partial charge is 0.127 e. The molecule has 3 unspecified atom stereocenters. The predicted octanol–water partition coefficient (Wildman–Crippen LogP) is 4.08. The van der Waals surface area contributed by atoms with E-state index < -0.39 is 0 Å². The minimum Gasteiger partial charge on any atom is -0.493 e. The Kier molecular flexibility index (Phi) is 3.16. The predicted molar refractivity (Wildman–Crippen MR) is 84.9 cm³/mol. The van der Waals surface area contributed by atoms with Gasteiger partial charge in [0, 0.05) is 23.0 Å². The summed E-state index contributed by atoms with van der Waals surface area (Å²) in [6, 6.07) is 14.6. The average Bonchev–Trinajstić information content (AvgIpc) is 3.17. The lowest BCUT2D eigenvalue weighted by atomic mass is 9.96. The van der Waals surface area contributed by atoms with Crippen LogP contribution < -0.4 is 10.5 Å². The molecule has 0 spiro atoms. The number of rotatable bonds is 3. The molecule has 2 N–H and O–H groups in total. The fraction of sp³-hybridized carbons (Fsp3) is 0.333. The van der Waals surface area contributed by atoms with Gasteiger partial charge in [0.2, 0.25) is 0 Å². The van der Waals surface area contributed by atoms with Crippen LogP contribution in [0.5, 0.6) is 5.75 Å². The highest BCUT2D eigenvalue weighted by Gasteiger charge is 2.44. The number of ether oxygens (including phenoxy) is 1. The maximum Gasteiger partial charge on any atom is 0.127 e. The van der Waals surface area contributed by atoms with E-state index in [4.69, 9.17) is 22.1 Å². The van der Waals surface area contributed by atoms with Gasteiger partial charge >= 0.3 is 0 Å². The molecule has 1 saturated carbocycles. The SMILES string of the molecule is NC(c1cc(Cl)cc2c1OCC2)C1CC1c1ccccc1. The van der Waals surface area contributed by atoms with Crippen LogP contribution in [0.3, 0.4) is 0 Å². The number of fused-ring (bicyclic) bond motifs is 1. The number of halogens is 1. The maximum atomic E-state index is 6.53. The Hall–Kier alpha value is -1.51. The highest BCUT2D eigenvalue weighted by atomic mass is 35.5. The van der Waals surface area contributed by atoms with Gasteiger partial charge in [-0.2, -0.15) is 0 Å². The Morgan fingerprint density at radius 3 is 2.81 bits per heavy atom. The maximum absolute atomic E-state index is 6.53. The first kappa shape index (κ1) is 13.2. The topological polar surface area (TPSA) is 35.2 Å². The summed E-state index contributed by atoms with van der Waals surface area (Å²) in [7, 11) is 0. The zero-order valence-corrected chi connectivity index (χ0v) is 12.5. The molecule has 2 aromatic rings. The van der Waals surface area contributed by atoms with E-state index in [1.807, 2.05) is 12.1 Å². The van der Waals surface area contributed by atoms with E-state index in [1.54, 1.807) is 0 Å². The molecule has 4 rings (SSSR count). The van der Waals surface area contributed by atoms with Crippen LogP contribution in [0, 0.1) is 5.92 Å². The van der Waals surface area contributed by atoms with Crippen molar-refractivity contribution in [3.8, 4) is 5.75 Å². The number of hydrogen-bond acceptors (Lipinski definition) is 2. The van der Waals surface area contributed by atoms with Crippen molar-refractivity contribution in [2.45, 2.75) is 24.8 Å². The van der Waals surface area contributed by atoms with E-state index in [9.17, 15) is 0 Å². The second kappa shape index (κ2) is 5.04. The first-order valence-electron chi connectivity index (χ1n) is 7.49. The lowest BCUT2D eigenvalue weighted by Gasteiger charge is -2.16. The summed E-state index contributed by atoms with van der Waals surface area (Å²) in [4.78, 5) is 0. The van der Waals surface area contributed by atoms with Gasteiger partial charge in [-0.3, -0.25) is 0 Å². The van der Waals surface area contributed by atoms with Crippen LogP contribution in [-0.2, 0) is 6.42 Å². The highest BCUT2D eigenvalue weighted by Crippen LogP contribution is 2.54. The van der Waals surface area contributed by atoms with Crippen molar-refractivity contribution in [2.75, 3.05) is 6.61 Å². The van der Waals surface area contributed by atoms with Crippen LogP contribution in [0.15, 0.2) is 42.5 Å². The van der Waals surface area contributed by atoms with Crippen LogP contribution in [0.25, 0.3) is 0 Å². The van der Waals surface area contributed by atoms with Gasteiger partial charge in [0.05, 0.1) is 6.61 Å². The van der Waals surface area contributed by atoms with Crippen molar-refractivity contribution >= 4 is 11.6 Å². The van der Waals surface area contributed by atoms with Gasteiger partial charge in [-0.1, -0.05) is 41.9 Å². The summed E-state index contributed by atoms with van der Waals surface area (Å²) in [6.07, 6.45) is 2.08. The number of nitrogens with two attached hydrogens (primary N) is 1. The zero-order valence-electron chi connectivity index (χ0n) is 11.8. The van der Waals surface area contributed by atoms with Gasteiger partial charge in [0.15, 0.2) is 0 Å². The molecule has 2 aliphatic rings. The van der Waals surface area contributed by atoms with Crippen LogP contribution in [-0.4, -0.2) is 6.61 Å². The quantitative estimate of drug-likeness (QED) is 0.927. The molecule has 0 aromatic heterocycles. The normalized spacial score (nSPS) is 24.3. The van der Waals surface area contributed by atoms with Gasteiger partial charge in [0.25, 0.3) is 0 Å². The lowest BCUT2D eigenvalue weighted by Crippen LogP contribution is -2.14. The minimum atomic E-state index is 0.000700. The van der Waals surface area contributed by atoms with E-state index in [0.29, 0.717) is 11.8 Å². The molecular weight excluding hydrogens is 282 g/mol. The first-order valence-corrected chi connectivity index (χ1v) is 7.87. The molecule has 0 saturated heterocycles. The summed E-state index contributed by atoms with van der Waals surface area (Å²) < 4.78 is 5.79. The van der Waals surface area contributed by atoms with Gasteiger partial charge in [0.1, 0.15) is 5.75 Å². The molecule has 0 amide bonds. The van der Waals surface area contributed by atoms with Crippen LogP contribution in [0.2, 0.25) is 5.02 Å². The summed E-state index contributed by atoms with van der Waals surface area (Å²) in [5.41, 5.74) is 10.2. The summed E-state index contributed by atoms with van der Waals surface area (Å²) >= 11 is 6.24. The monoisotopic (exact) mass is 299 g/mol.